The summed E-state index contributed by atoms with van der Waals surface area (Å²) in [6.45, 7) is 11.9. The van der Waals surface area contributed by atoms with Gasteiger partial charge in [-0.05, 0) is 90.7 Å². The van der Waals surface area contributed by atoms with Crippen LogP contribution in [0.3, 0.4) is 0 Å². The second kappa shape index (κ2) is 13.3. The van der Waals surface area contributed by atoms with E-state index in [1.54, 1.807) is 11.3 Å². The van der Waals surface area contributed by atoms with Crippen molar-refractivity contribution in [2.45, 2.75) is 40.8 Å². The average molecular weight is 480 g/mol. The second-order valence-electron chi connectivity index (χ2n) is 8.90. The summed E-state index contributed by atoms with van der Waals surface area (Å²) >= 11 is 1.72. The third-order valence-corrected chi connectivity index (χ3v) is 5.63. The Morgan fingerprint density at radius 2 is 1.79 bits per heavy atom. The van der Waals surface area contributed by atoms with E-state index in [1.807, 2.05) is 12.1 Å². The number of likely N-dealkylation sites (N-methyl/N-ethyl adjacent to an activating group) is 1. The first-order valence-electron chi connectivity index (χ1n) is 11.2. The average Bonchev–Trinajstić information content (AvgIpc) is 3.31. The lowest BCUT2D eigenvalue weighted by molar-refractivity contribution is 0.299. The summed E-state index contributed by atoms with van der Waals surface area (Å²) in [5.74, 6) is 7.29. The number of thiophene rings is 1. The molecule has 3 rings (SSSR count). The molecule has 1 heterocycles. The van der Waals surface area contributed by atoms with E-state index in [-0.39, 0.29) is 17.8 Å². The van der Waals surface area contributed by atoms with Crippen LogP contribution in [0.1, 0.15) is 38.8 Å². The zero-order valence-corrected chi connectivity index (χ0v) is 21.6. The van der Waals surface area contributed by atoms with Crippen molar-refractivity contribution in [2.75, 3.05) is 13.1 Å². The minimum atomic E-state index is 0. The van der Waals surface area contributed by atoms with Crippen molar-refractivity contribution in [3.05, 3.63) is 88.6 Å². The third kappa shape index (κ3) is 9.48. The van der Waals surface area contributed by atoms with Crippen LogP contribution >= 0.6 is 23.7 Å². The van der Waals surface area contributed by atoms with E-state index in [2.05, 4.69) is 110 Å². The molecule has 0 N–H and O–H groups in total. The quantitative estimate of drug-likeness (QED) is 0.290. The fraction of sp³-hybridized carbons (Fsp3) is 0.310. The minimum Gasteiger partial charge on any atom is -0.489 e. The van der Waals surface area contributed by atoms with Gasteiger partial charge >= 0.3 is 0 Å². The van der Waals surface area contributed by atoms with Gasteiger partial charge < -0.3 is 4.74 Å². The summed E-state index contributed by atoms with van der Waals surface area (Å²) in [6.07, 6.45) is 4.11. The van der Waals surface area contributed by atoms with Crippen LogP contribution in [0.25, 0.3) is 11.1 Å². The first-order chi connectivity index (χ1) is 15.4. The highest BCUT2D eigenvalue weighted by Gasteiger charge is 2.05. The fourth-order valence-corrected chi connectivity index (χ4v) is 3.92. The summed E-state index contributed by atoms with van der Waals surface area (Å²) in [4.78, 5) is 2.39. The van der Waals surface area contributed by atoms with E-state index in [0.29, 0.717) is 6.61 Å². The molecule has 0 amide bonds. The standard InChI is InChI=1S/C29H33NOS.ClH/c1-5-30(17-8-6-7-16-29(2,3)4)21-24-11-10-14-28(20-24)31-22-25-12-9-13-26(19-25)27-15-18-32-23-27;/h6,8-15,18-20,23H,5,17,21-22H2,1-4H3;1H. The Bertz CT molecular complexity index is 1070. The van der Waals surface area contributed by atoms with Crippen molar-refractivity contribution in [3.8, 4) is 28.7 Å². The number of rotatable bonds is 9. The number of ether oxygens (including phenoxy) is 1. The fourth-order valence-electron chi connectivity index (χ4n) is 3.25. The molecule has 0 spiro atoms. The zero-order chi connectivity index (χ0) is 22.8. The van der Waals surface area contributed by atoms with Crippen LogP contribution < -0.4 is 4.74 Å². The van der Waals surface area contributed by atoms with Gasteiger partial charge in [-0.1, -0.05) is 55.2 Å². The van der Waals surface area contributed by atoms with Gasteiger partial charge in [0.25, 0.3) is 0 Å². The van der Waals surface area contributed by atoms with Crippen molar-refractivity contribution in [1.82, 2.24) is 4.90 Å². The van der Waals surface area contributed by atoms with Crippen LogP contribution in [0.15, 0.2) is 77.5 Å². The van der Waals surface area contributed by atoms with E-state index in [1.165, 1.54) is 22.3 Å². The van der Waals surface area contributed by atoms with Crippen molar-refractivity contribution in [2.24, 2.45) is 5.41 Å². The molecular weight excluding hydrogens is 446 g/mol. The van der Waals surface area contributed by atoms with Gasteiger partial charge in [-0.3, -0.25) is 4.90 Å². The van der Waals surface area contributed by atoms with Crippen molar-refractivity contribution in [3.63, 3.8) is 0 Å². The Morgan fingerprint density at radius 1 is 1.00 bits per heavy atom. The van der Waals surface area contributed by atoms with Crippen LogP contribution in [-0.4, -0.2) is 18.0 Å². The van der Waals surface area contributed by atoms with Crippen LogP contribution in [0.4, 0.5) is 0 Å². The maximum absolute atomic E-state index is 6.12. The Morgan fingerprint density at radius 3 is 2.52 bits per heavy atom. The highest BCUT2D eigenvalue weighted by Crippen LogP contribution is 2.24. The van der Waals surface area contributed by atoms with Gasteiger partial charge in [0.1, 0.15) is 12.4 Å². The van der Waals surface area contributed by atoms with Gasteiger partial charge in [0.15, 0.2) is 0 Å². The van der Waals surface area contributed by atoms with Crippen molar-refractivity contribution >= 4 is 23.7 Å². The Labute approximate surface area is 209 Å². The number of hydrogen-bond acceptors (Lipinski definition) is 3. The molecule has 1 aromatic heterocycles. The first-order valence-corrected chi connectivity index (χ1v) is 12.1. The molecule has 0 unspecified atom stereocenters. The molecule has 0 fully saturated rings. The molecule has 0 aliphatic rings. The topological polar surface area (TPSA) is 12.5 Å². The lowest BCUT2D eigenvalue weighted by atomic mass is 9.98. The Balaban J connectivity index is 0.00000385. The molecule has 0 saturated heterocycles. The lowest BCUT2D eigenvalue weighted by Crippen LogP contribution is -2.22. The van der Waals surface area contributed by atoms with Crippen molar-refractivity contribution < 1.29 is 4.74 Å². The van der Waals surface area contributed by atoms with E-state index in [4.69, 9.17) is 4.74 Å². The Kier molecular flexibility index (Phi) is 10.7. The summed E-state index contributed by atoms with van der Waals surface area (Å²) in [6, 6.07) is 19.1. The molecule has 0 atom stereocenters. The van der Waals surface area contributed by atoms with Gasteiger partial charge in [-0.15, -0.1) is 12.4 Å². The predicted octanol–water partition coefficient (Wildman–Crippen LogP) is 7.84. The highest BCUT2D eigenvalue weighted by atomic mass is 35.5. The molecule has 0 aliphatic carbocycles. The van der Waals surface area contributed by atoms with E-state index >= 15 is 0 Å². The molecule has 0 aliphatic heterocycles. The Hall–Kier alpha value is -2.51. The minimum absolute atomic E-state index is 0. The van der Waals surface area contributed by atoms with Crippen LogP contribution in [0, 0.1) is 17.3 Å². The highest BCUT2D eigenvalue weighted by molar-refractivity contribution is 7.08. The monoisotopic (exact) mass is 479 g/mol. The molecule has 4 heteroatoms. The smallest absolute Gasteiger partial charge is 0.120 e. The zero-order valence-electron chi connectivity index (χ0n) is 20.0. The number of allylic oxidation sites excluding steroid dienone is 1. The van der Waals surface area contributed by atoms with Gasteiger partial charge in [-0.2, -0.15) is 11.3 Å². The maximum atomic E-state index is 6.12. The summed E-state index contributed by atoms with van der Waals surface area (Å²) in [5, 5.41) is 4.29. The van der Waals surface area contributed by atoms with Crippen LogP contribution in [-0.2, 0) is 13.2 Å². The molecule has 174 valence electrons. The largest absolute Gasteiger partial charge is 0.489 e. The molecule has 0 saturated carbocycles. The lowest BCUT2D eigenvalue weighted by Gasteiger charge is -2.19. The molecule has 2 aromatic carbocycles. The SMILES string of the molecule is CCN(CC=CC#CC(C)(C)C)Cc1cccc(OCc2cccc(-c3ccsc3)c2)c1.Cl. The molecule has 0 bridgehead atoms. The van der Waals surface area contributed by atoms with E-state index in [0.717, 1.165) is 25.4 Å². The number of nitrogens with zero attached hydrogens (tertiary/aromatic N) is 1. The normalized spacial score (nSPS) is 11.2. The number of benzene rings is 2. The van der Waals surface area contributed by atoms with Gasteiger partial charge in [0.05, 0.1) is 0 Å². The van der Waals surface area contributed by atoms with Gasteiger partial charge in [0.2, 0.25) is 0 Å². The molecule has 3 aromatic rings. The summed E-state index contributed by atoms with van der Waals surface area (Å²) in [7, 11) is 0. The molecule has 2 nitrogen and oxygen atoms in total. The molecular formula is C29H34ClNOS. The predicted molar refractivity (Wildman–Crippen MR) is 145 cm³/mol. The number of hydrogen-bond donors (Lipinski definition) is 0. The maximum Gasteiger partial charge on any atom is 0.120 e. The molecule has 33 heavy (non-hydrogen) atoms. The van der Waals surface area contributed by atoms with Gasteiger partial charge in [0, 0.05) is 18.5 Å². The second-order valence-corrected chi connectivity index (χ2v) is 9.68. The summed E-state index contributed by atoms with van der Waals surface area (Å²) < 4.78 is 6.12. The van der Waals surface area contributed by atoms with Crippen LogP contribution in [0.5, 0.6) is 5.75 Å². The van der Waals surface area contributed by atoms with Gasteiger partial charge in [-0.25, -0.2) is 0 Å². The first kappa shape index (κ1) is 26.7. The van der Waals surface area contributed by atoms with Crippen LogP contribution in [0.2, 0.25) is 0 Å². The van der Waals surface area contributed by atoms with Crippen molar-refractivity contribution in [1.29, 1.82) is 0 Å². The molecule has 0 radical (unpaired) electrons. The number of halogens is 1. The summed E-state index contributed by atoms with van der Waals surface area (Å²) in [5.41, 5.74) is 4.97. The van der Waals surface area contributed by atoms with E-state index in [9.17, 15) is 0 Å². The third-order valence-electron chi connectivity index (χ3n) is 4.95. The van der Waals surface area contributed by atoms with E-state index < -0.39 is 0 Å².